The van der Waals surface area contributed by atoms with Gasteiger partial charge in [0.15, 0.2) is 0 Å². The zero-order valence-electron chi connectivity index (χ0n) is 19.4. The van der Waals surface area contributed by atoms with Crippen molar-refractivity contribution in [3.63, 3.8) is 0 Å². The smallest absolute Gasteiger partial charge is 0.0162 e. The molecule has 162 valence electrons. The van der Waals surface area contributed by atoms with Crippen LogP contribution < -0.4 is 0 Å². The monoisotopic (exact) mass is 394 g/mol. The van der Waals surface area contributed by atoms with Crippen LogP contribution in [0.4, 0.5) is 0 Å². The van der Waals surface area contributed by atoms with Crippen molar-refractivity contribution >= 4 is 0 Å². The van der Waals surface area contributed by atoms with Gasteiger partial charge in [0, 0.05) is 0 Å². The second-order valence-electron chi connectivity index (χ2n) is 10.2. The number of unbranched alkanes of at least 4 members (excludes halogenated alkanes) is 2. The van der Waals surface area contributed by atoms with E-state index in [1.165, 1.54) is 107 Å². The van der Waals surface area contributed by atoms with Gasteiger partial charge in [0.1, 0.15) is 0 Å². The van der Waals surface area contributed by atoms with E-state index in [0.29, 0.717) is 0 Å². The maximum absolute atomic E-state index is 4.20. The van der Waals surface area contributed by atoms with Gasteiger partial charge in [-0.2, -0.15) is 0 Å². The Hall–Kier alpha value is -1.04. The van der Waals surface area contributed by atoms with Crippen LogP contribution in [0.3, 0.4) is 0 Å². The fourth-order valence-corrected chi connectivity index (χ4v) is 5.99. The van der Waals surface area contributed by atoms with Crippen LogP contribution in [0, 0.1) is 17.8 Å². The molecule has 0 saturated heterocycles. The predicted molar refractivity (Wildman–Crippen MR) is 128 cm³/mol. The molecule has 2 aliphatic carbocycles. The van der Waals surface area contributed by atoms with Crippen LogP contribution in [0.25, 0.3) is 0 Å². The second-order valence-corrected chi connectivity index (χ2v) is 10.2. The Bertz CT molecular complexity index is 579. The highest BCUT2D eigenvalue weighted by Gasteiger charge is 2.31. The van der Waals surface area contributed by atoms with E-state index >= 15 is 0 Å². The number of rotatable bonds is 10. The summed E-state index contributed by atoms with van der Waals surface area (Å²) in [5.41, 5.74) is 4.61. The summed E-state index contributed by atoms with van der Waals surface area (Å²) in [6, 6.07) is 9.71. The number of hydrogen-bond donors (Lipinski definition) is 0. The minimum Gasteiger partial charge on any atom is -0.0999 e. The molecule has 2 saturated carbocycles. The second kappa shape index (κ2) is 12.0. The highest BCUT2D eigenvalue weighted by molar-refractivity contribution is 5.26. The van der Waals surface area contributed by atoms with Crippen LogP contribution >= 0.6 is 0 Å². The van der Waals surface area contributed by atoms with Crippen LogP contribution in [-0.2, 0) is 6.42 Å². The lowest BCUT2D eigenvalue weighted by Crippen LogP contribution is -2.25. The van der Waals surface area contributed by atoms with Crippen LogP contribution in [0.5, 0.6) is 0 Å². The zero-order chi connectivity index (χ0) is 20.5. The minimum atomic E-state index is 0.826. The van der Waals surface area contributed by atoms with Crippen LogP contribution in [-0.4, -0.2) is 0 Å². The van der Waals surface area contributed by atoms with Crippen molar-refractivity contribution in [3.05, 3.63) is 47.5 Å². The summed E-state index contributed by atoms with van der Waals surface area (Å²) in [7, 11) is 0. The lowest BCUT2D eigenvalue weighted by Gasteiger charge is -2.38. The summed E-state index contributed by atoms with van der Waals surface area (Å²) in [6.45, 7) is 8.73. The van der Waals surface area contributed by atoms with Gasteiger partial charge >= 0.3 is 0 Å². The van der Waals surface area contributed by atoms with Gasteiger partial charge < -0.3 is 0 Å². The quantitative estimate of drug-likeness (QED) is 0.274. The highest BCUT2D eigenvalue weighted by Crippen LogP contribution is 2.44. The summed E-state index contributed by atoms with van der Waals surface area (Å²) in [5, 5.41) is 0. The summed E-state index contributed by atoms with van der Waals surface area (Å²) >= 11 is 0. The Morgan fingerprint density at radius 1 is 0.828 bits per heavy atom. The third kappa shape index (κ3) is 7.01. The average molecular weight is 395 g/mol. The molecule has 1 aromatic carbocycles. The SMILES string of the molecule is C=C(CC)CCC1CCC(C2CCC(c3ccc(CCCCC)cc3)CC2)CC1. The van der Waals surface area contributed by atoms with Crippen molar-refractivity contribution in [1.82, 2.24) is 0 Å². The Kier molecular flexibility index (Phi) is 9.35. The van der Waals surface area contributed by atoms with Crippen molar-refractivity contribution in [2.75, 3.05) is 0 Å². The van der Waals surface area contributed by atoms with E-state index < -0.39 is 0 Å². The molecule has 0 atom stereocenters. The predicted octanol–water partition coefficient (Wildman–Crippen LogP) is 9.25. The summed E-state index contributed by atoms with van der Waals surface area (Å²) in [4.78, 5) is 0. The molecule has 0 amide bonds. The Morgan fingerprint density at radius 2 is 1.45 bits per heavy atom. The van der Waals surface area contributed by atoms with E-state index in [-0.39, 0.29) is 0 Å². The first-order valence-corrected chi connectivity index (χ1v) is 12.9. The third-order valence-electron chi connectivity index (χ3n) is 8.26. The van der Waals surface area contributed by atoms with Gasteiger partial charge in [-0.3, -0.25) is 0 Å². The molecule has 2 fully saturated rings. The van der Waals surface area contributed by atoms with Gasteiger partial charge in [-0.1, -0.05) is 75.9 Å². The lowest BCUT2D eigenvalue weighted by molar-refractivity contribution is 0.157. The van der Waals surface area contributed by atoms with Crippen LogP contribution in [0.2, 0.25) is 0 Å². The fourth-order valence-electron chi connectivity index (χ4n) is 5.99. The first-order chi connectivity index (χ1) is 14.2. The van der Waals surface area contributed by atoms with Crippen molar-refractivity contribution in [3.8, 4) is 0 Å². The molecule has 0 bridgehead atoms. The topological polar surface area (TPSA) is 0 Å². The summed E-state index contributed by atoms with van der Waals surface area (Å²) in [5.74, 6) is 3.86. The molecule has 0 heterocycles. The molecule has 1 aromatic rings. The Morgan fingerprint density at radius 3 is 2.03 bits per heavy atom. The van der Waals surface area contributed by atoms with E-state index in [2.05, 4.69) is 44.7 Å². The third-order valence-corrected chi connectivity index (χ3v) is 8.26. The van der Waals surface area contributed by atoms with E-state index in [9.17, 15) is 0 Å². The Labute approximate surface area is 181 Å². The maximum Gasteiger partial charge on any atom is -0.0162 e. The van der Waals surface area contributed by atoms with Crippen molar-refractivity contribution in [2.45, 2.75) is 116 Å². The Balaban J connectivity index is 1.38. The lowest BCUT2D eigenvalue weighted by atomic mass is 9.68. The van der Waals surface area contributed by atoms with Gasteiger partial charge in [-0.15, -0.1) is 0 Å². The summed E-state index contributed by atoms with van der Waals surface area (Å²) < 4.78 is 0. The van der Waals surface area contributed by atoms with E-state index in [1.54, 1.807) is 5.56 Å². The highest BCUT2D eigenvalue weighted by atomic mass is 14.4. The van der Waals surface area contributed by atoms with Gasteiger partial charge in [0.25, 0.3) is 0 Å². The molecule has 0 heteroatoms. The zero-order valence-corrected chi connectivity index (χ0v) is 19.4. The molecular weight excluding hydrogens is 348 g/mol. The molecule has 0 N–H and O–H groups in total. The van der Waals surface area contributed by atoms with Crippen molar-refractivity contribution < 1.29 is 0 Å². The van der Waals surface area contributed by atoms with Crippen LogP contribution in [0.1, 0.15) is 121 Å². The van der Waals surface area contributed by atoms with Crippen molar-refractivity contribution in [2.24, 2.45) is 17.8 Å². The molecule has 0 aliphatic heterocycles. The molecule has 0 nitrogen and oxygen atoms in total. The molecule has 0 radical (unpaired) electrons. The minimum absolute atomic E-state index is 0.826. The van der Waals surface area contributed by atoms with Crippen molar-refractivity contribution in [1.29, 1.82) is 0 Å². The fraction of sp³-hybridized carbons (Fsp3) is 0.724. The largest absolute Gasteiger partial charge is 0.0999 e. The van der Waals surface area contributed by atoms with Gasteiger partial charge in [0.2, 0.25) is 0 Å². The number of aryl methyl sites for hydroxylation is 1. The molecule has 29 heavy (non-hydrogen) atoms. The maximum atomic E-state index is 4.20. The number of benzene rings is 1. The number of hydrogen-bond acceptors (Lipinski definition) is 0. The first-order valence-electron chi connectivity index (χ1n) is 12.9. The molecule has 3 rings (SSSR count). The molecule has 0 unspecified atom stereocenters. The molecule has 0 spiro atoms. The average Bonchev–Trinajstić information content (AvgIpc) is 2.78. The first kappa shape index (κ1) is 22.6. The summed E-state index contributed by atoms with van der Waals surface area (Å²) in [6.07, 6.45) is 20.9. The van der Waals surface area contributed by atoms with Gasteiger partial charge in [-0.05, 0) is 105 Å². The van der Waals surface area contributed by atoms with E-state index in [1.807, 2.05) is 0 Å². The normalized spacial score (nSPS) is 27.7. The number of allylic oxidation sites excluding steroid dienone is 1. The molecule has 2 aliphatic rings. The van der Waals surface area contributed by atoms with Gasteiger partial charge in [0.05, 0.1) is 0 Å². The molecular formula is C29H46. The molecule has 0 aromatic heterocycles. The van der Waals surface area contributed by atoms with Gasteiger partial charge in [-0.25, -0.2) is 0 Å². The van der Waals surface area contributed by atoms with E-state index in [0.717, 1.165) is 23.7 Å². The van der Waals surface area contributed by atoms with Crippen LogP contribution in [0.15, 0.2) is 36.4 Å². The standard InChI is InChI=1S/C29H46/c1-4-6-7-8-24-11-15-26(16-12-24)28-19-21-29(22-20-28)27-17-13-25(14-18-27)10-9-23(3)5-2/h11-12,15-16,25,27-29H,3-10,13-14,17-22H2,1-2H3. The van der Waals surface area contributed by atoms with E-state index in [4.69, 9.17) is 0 Å².